The third-order valence-corrected chi connectivity index (χ3v) is 3.62. The van der Waals surface area contributed by atoms with Gasteiger partial charge in [-0.1, -0.05) is 0 Å². The van der Waals surface area contributed by atoms with Crippen LogP contribution in [0.5, 0.6) is 0 Å². The quantitative estimate of drug-likeness (QED) is 0.849. The molecule has 2 aromatic rings. The maximum absolute atomic E-state index is 12.0. The van der Waals surface area contributed by atoms with Gasteiger partial charge in [0, 0.05) is 10.9 Å². The summed E-state index contributed by atoms with van der Waals surface area (Å²) >= 11 is 4.40. The molecular formula is C12H11BrN2O4S. The molecule has 6 nitrogen and oxygen atoms in total. The van der Waals surface area contributed by atoms with E-state index in [4.69, 9.17) is 4.42 Å². The van der Waals surface area contributed by atoms with E-state index in [-0.39, 0.29) is 24.1 Å². The number of aromatic nitrogens is 1. The van der Waals surface area contributed by atoms with Crippen molar-refractivity contribution in [3.8, 4) is 0 Å². The molecule has 0 aliphatic carbocycles. The van der Waals surface area contributed by atoms with Crippen molar-refractivity contribution >= 4 is 44.3 Å². The molecule has 106 valence electrons. The van der Waals surface area contributed by atoms with Crippen LogP contribution >= 0.6 is 27.3 Å². The first-order valence-corrected chi connectivity index (χ1v) is 7.25. The van der Waals surface area contributed by atoms with Crippen molar-refractivity contribution in [1.29, 1.82) is 0 Å². The first kappa shape index (κ1) is 14.7. The number of amides is 1. The molecule has 0 radical (unpaired) electrons. The van der Waals surface area contributed by atoms with E-state index < -0.39 is 0 Å². The van der Waals surface area contributed by atoms with Gasteiger partial charge in [0.05, 0.1) is 19.2 Å². The Kier molecular flexibility index (Phi) is 4.56. The van der Waals surface area contributed by atoms with Crippen LogP contribution in [0.15, 0.2) is 20.5 Å². The molecule has 0 aromatic carbocycles. The van der Waals surface area contributed by atoms with Crippen molar-refractivity contribution in [2.24, 2.45) is 0 Å². The van der Waals surface area contributed by atoms with E-state index in [0.29, 0.717) is 15.5 Å². The molecule has 0 fully saturated rings. The van der Waals surface area contributed by atoms with Crippen LogP contribution in [-0.2, 0) is 16.0 Å². The van der Waals surface area contributed by atoms with Gasteiger partial charge < -0.3 is 9.15 Å². The van der Waals surface area contributed by atoms with Gasteiger partial charge in [0.25, 0.3) is 5.91 Å². The van der Waals surface area contributed by atoms with Crippen molar-refractivity contribution < 1.29 is 18.7 Å². The number of methoxy groups -OCH3 is 1. The number of aryl methyl sites for hydroxylation is 1. The number of nitrogens with one attached hydrogen (secondary N) is 1. The van der Waals surface area contributed by atoms with Gasteiger partial charge >= 0.3 is 5.97 Å². The molecule has 0 saturated carbocycles. The van der Waals surface area contributed by atoms with Crippen LogP contribution in [-0.4, -0.2) is 24.0 Å². The molecule has 0 saturated heterocycles. The predicted octanol–water partition coefficient (Wildman–Crippen LogP) is 2.77. The Morgan fingerprint density at radius 2 is 2.30 bits per heavy atom. The summed E-state index contributed by atoms with van der Waals surface area (Å²) in [7, 11) is 1.31. The Morgan fingerprint density at radius 3 is 2.90 bits per heavy atom. The highest BCUT2D eigenvalue weighted by Crippen LogP contribution is 2.22. The second-order valence-corrected chi connectivity index (χ2v) is 5.55. The number of carbonyl (C=O) groups excluding carboxylic acids is 2. The molecule has 0 unspecified atom stereocenters. The number of esters is 1. The zero-order valence-electron chi connectivity index (χ0n) is 10.7. The smallest absolute Gasteiger partial charge is 0.311 e. The van der Waals surface area contributed by atoms with Gasteiger partial charge in [-0.15, -0.1) is 11.3 Å². The number of rotatable bonds is 4. The minimum absolute atomic E-state index is 0.0776. The fraction of sp³-hybridized carbons (Fsp3) is 0.250. The lowest BCUT2D eigenvalue weighted by Gasteiger charge is -1.99. The van der Waals surface area contributed by atoms with E-state index in [1.54, 1.807) is 18.4 Å². The standard InChI is InChI=1S/C12H11BrN2O4S/c1-6-3-8(13)19-10(6)11(17)15-12-14-7(5-20-12)4-9(16)18-2/h3,5H,4H2,1-2H3,(H,14,15,17). The SMILES string of the molecule is COC(=O)Cc1csc(NC(=O)c2oc(Br)cc2C)n1. The molecule has 2 rings (SSSR count). The Hall–Kier alpha value is -1.67. The van der Waals surface area contributed by atoms with Gasteiger partial charge in [0.15, 0.2) is 15.6 Å². The lowest BCUT2D eigenvalue weighted by molar-refractivity contribution is -0.139. The number of ether oxygens (including phenoxy) is 1. The summed E-state index contributed by atoms with van der Waals surface area (Å²) in [4.78, 5) is 27.2. The van der Waals surface area contributed by atoms with Crippen LogP contribution in [0.1, 0.15) is 21.8 Å². The van der Waals surface area contributed by atoms with Crippen LogP contribution in [0, 0.1) is 6.92 Å². The first-order chi connectivity index (χ1) is 9.49. The monoisotopic (exact) mass is 358 g/mol. The van der Waals surface area contributed by atoms with E-state index in [9.17, 15) is 9.59 Å². The molecule has 0 spiro atoms. The average Bonchev–Trinajstić information content (AvgIpc) is 2.95. The number of halogens is 1. The van der Waals surface area contributed by atoms with Crippen molar-refractivity contribution in [1.82, 2.24) is 4.98 Å². The molecule has 0 aliphatic heterocycles. The molecule has 2 heterocycles. The highest BCUT2D eigenvalue weighted by atomic mass is 79.9. The highest BCUT2D eigenvalue weighted by Gasteiger charge is 2.17. The van der Waals surface area contributed by atoms with Crippen LogP contribution in [0.3, 0.4) is 0 Å². The summed E-state index contributed by atoms with van der Waals surface area (Å²) in [6, 6.07) is 1.71. The number of hydrogen-bond donors (Lipinski definition) is 1. The number of thiazole rings is 1. The van der Waals surface area contributed by atoms with Crippen LogP contribution in [0.25, 0.3) is 0 Å². The van der Waals surface area contributed by atoms with Gasteiger partial charge in [0.2, 0.25) is 0 Å². The van der Waals surface area contributed by atoms with Crippen molar-refractivity contribution in [2.75, 3.05) is 12.4 Å². The summed E-state index contributed by atoms with van der Waals surface area (Å²) in [6.45, 7) is 1.77. The van der Waals surface area contributed by atoms with Crippen molar-refractivity contribution in [3.05, 3.63) is 33.1 Å². The number of nitrogens with zero attached hydrogens (tertiary/aromatic N) is 1. The minimum Gasteiger partial charge on any atom is -0.469 e. The molecule has 0 aliphatic rings. The van der Waals surface area contributed by atoms with Crippen molar-refractivity contribution in [2.45, 2.75) is 13.3 Å². The number of carbonyl (C=O) groups is 2. The molecule has 1 N–H and O–H groups in total. The van der Waals surface area contributed by atoms with E-state index in [2.05, 4.69) is 31.0 Å². The fourth-order valence-corrected chi connectivity index (χ4v) is 2.70. The average molecular weight is 359 g/mol. The Labute approximate surface area is 127 Å². The Balaban J connectivity index is 2.05. The number of anilines is 1. The topological polar surface area (TPSA) is 81.4 Å². The molecule has 0 bridgehead atoms. The minimum atomic E-state index is -0.382. The van der Waals surface area contributed by atoms with E-state index in [1.165, 1.54) is 18.4 Å². The summed E-state index contributed by atoms with van der Waals surface area (Å²) in [5.74, 6) is -0.534. The molecule has 2 aromatic heterocycles. The maximum atomic E-state index is 12.0. The zero-order valence-corrected chi connectivity index (χ0v) is 13.1. The van der Waals surface area contributed by atoms with Crippen molar-refractivity contribution in [3.63, 3.8) is 0 Å². The number of furan rings is 1. The lowest BCUT2D eigenvalue weighted by atomic mass is 10.3. The van der Waals surface area contributed by atoms with Gasteiger partial charge in [-0.3, -0.25) is 14.9 Å². The van der Waals surface area contributed by atoms with Gasteiger partial charge in [-0.05, 0) is 28.9 Å². The van der Waals surface area contributed by atoms with Crippen LogP contribution in [0.2, 0.25) is 0 Å². The Bertz CT molecular complexity index is 650. The summed E-state index contributed by atoms with van der Waals surface area (Å²) in [5, 5.41) is 4.72. The molecule has 20 heavy (non-hydrogen) atoms. The Morgan fingerprint density at radius 1 is 1.55 bits per heavy atom. The lowest BCUT2D eigenvalue weighted by Crippen LogP contribution is -2.12. The van der Waals surface area contributed by atoms with Crippen LogP contribution < -0.4 is 5.32 Å². The fourth-order valence-electron chi connectivity index (χ4n) is 1.49. The second kappa shape index (κ2) is 6.19. The largest absolute Gasteiger partial charge is 0.469 e. The summed E-state index contributed by atoms with van der Waals surface area (Å²) in [6.07, 6.45) is 0.0776. The third-order valence-electron chi connectivity index (χ3n) is 2.42. The van der Waals surface area contributed by atoms with E-state index in [0.717, 1.165) is 5.56 Å². The second-order valence-electron chi connectivity index (χ2n) is 3.91. The van der Waals surface area contributed by atoms with Crippen LogP contribution in [0.4, 0.5) is 5.13 Å². The van der Waals surface area contributed by atoms with Gasteiger partial charge in [-0.25, -0.2) is 4.98 Å². The number of hydrogen-bond acceptors (Lipinski definition) is 6. The summed E-state index contributed by atoms with van der Waals surface area (Å²) < 4.78 is 10.3. The predicted molar refractivity (Wildman–Crippen MR) is 76.9 cm³/mol. The highest BCUT2D eigenvalue weighted by molar-refractivity contribution is 9.10. The third kappa shape index (κ3) is 3.45. The first-order valence-electron chi connectivity index (χ1n) is 5.58. The summed E-state index contributed by atoms with van der Waals surface area (Å²) in [5.41, 5.74) is 1.27. The molecule has 1 amide bonds. The molecule has 8 heteroatoms. The maximum Gasteiger partial charge on any atom is 0.311 e. The molecule has 0 atom stereocenters. The zero-order chi connectivity index (χ0) is 14.7. The molecular weight excluding hydrogens is 348 g/mol. The van der Waals surface area contributed by atoms with Gasteiger partial charge in [-0.2, -0.15) is 0 Å². The van der Waals surface area contributed by atoms with E-state index >= 15 is 0 Å². The van der Waals surface area contributed by atoms with Gasteiger partial charge in [0.1, 0.15) is 0 Å². The van der Waals surface area contributed by atoms with E-state index in [1.807, 2.05) is 0 Å². The normalized spacial score (nSPS) is 10.3.